The van der Waals surface area contributed by atoms with Gasteiger partial charge >= 0.3 is 6.09 Å². The minimum Gasteiger partial charge on any atom is -0.444 e. The maximum Gasteiger partial charge on any atom is 0.410 e. The number of benzene rings is 1. The van der Waals surface area contributed by atoms with Gasteiger partial charge < -0.3 is 15.0 Å². The number of fused-ring (bicyclic) bond motifs is 1. The smallest absolute Gasteiger partial charge is 0.410 e. The van der Waals surface area contributed by atoms with Crippen molar-refractivity contribution < 1.29 is 23.1 Å². The number of pyridine rings is 1. The van der Waals surface area contributed by atoms with E-state index in [1.807, 2.05) is 32.9 Å². The van der Waals surface area contributed by atoms with E-state index in [0.29, 0.717) is 47.4 Å². The quantitative estimate of drug-likeness (QED) is 0.494. The minimum atomic E-state index is -2.66. The number of nitrogens with one attached hydrogen (secondary N) is 1. The highest BCUT2D eigenvalue weighted by atomic mass is 35.5. The number of amides is 2. The largest absolute Gasteiger partial charge is 0.444 e. The summed E-state index contributed by atoms with van der Waals surface area (Å²) in [5.74, 6) is -3.09. The van der Waals surface area contributed by atoms with Gasteiger partial charge in [0.15, 0.2) is 0 Å². The van der Waals surface area contributed by atoms with Crippen LogP contribution in [-0.2, 0) is 4.74 Å². The number of carbonyl (C=O) groups excluding carboxylic acids is 2. The second-order valence-electron chi connectivity index (χ2n) is 11.0. The maximum atomic E-state index is 13.7. The van der Waals surface area contributed by atoms with Crippen LogP contribution in [-0.4, -0.2) is 53.0 Å². The lowest BCUT2D eigenvalue weighted by atomic mass is 9.86. The lowest BCUT2D eigenvalue weighted by molar-refractivity contribution is -0.0518. The molecule has 1 aliphatic carbocycles. The monoisotopic (exact) mass is 521 g/mol. The second kappa shape index (κ2) is 10.5. The molecule has 6 nitrogen and oxygen atoms in total. The molecule has 4 rings (SSSR count). The highest BCUT2D eigenvalue weighted by Crippen LogP contribution is 2.36. The van der Waals surface area contributed by atoms with Gasteiger partial charge in [-0.1, -0.05) is 17.7 Å². The van der Waals surface area contributed by atoms with Crippen LogP contribution in [0.3, 0.4) is 0 Å². The number of rotatable bonds is 4. The topological polar surface area (TPSA) is 71.5 Å². The number of nitrogens with zero attached hydrogens (tertiary/aromatic N) is 2. The summed E-state index contributed by atoms with van der Waals surface area (Å²) in [5.41, 5.74) is 1.35. The van der Waals surface area contributed by atoms with Crippen LogP contribution in [0.2, 0.25) is 5.02 Å². The van der Waals surface area contributed by atoms with Crippen LogP contribution < -0.4 is 5.32 Å². The second-order valence-corrected chi connectivity index (χ2v) is 11.4. The fourth-order valence-corrected chi connectivity index (χ4v) is 5.36. The van der Waals surface area contributed by atoms with Gasteiger partial charge in [0, 0.05) is 49.5 Å². The molecule has 0 bridgehead atoms. The van der Waals surface area contributed by atoms with E-state index in [0.717, 1.165) is 18.5 Å². The Morgan fingerprint density at radius 2 is 1.89 bits per heavy atom. The van der Waals surface area contributed by atoms with Gasteiger partial charge in [0.2, 0.25) is 5.92 Å². The Balaban J connectivity index is 1.43. The molecule has 2 heterocycles. The fourth-order valence-electron chi connectivity index (χ4n) is 5.11. The zero-order valence-electron chi connectivity index (χ0n) is 21.1. The molecule has 36 heavy (non-hydrogen) atoms. The van der Waals surface area contributed by atoms with Crippen molar-refractivity contribution in [1.29, 1.82) is 0 Å². The molecule has 196 valence electrons. The molecule has 1 saturated heterocycles. The van der Waals surface area contributed by atoms with Crippen LogP contribution in [0.15, 0.2) is 24.3 Å². The SMILES string of the molecule is CC(C)(C)OC(=O)N1CCC(c2ccc3c(C(=O)NCC4CCCC(F)(F)C4)c(Cl)ccc3n2)CC1. The molecule has 1 saturated carbocycles. The lowest BCUT2D eigenvalue weighted by Crippen LogP contribution is -2.41. The molecular formula is C27H34ClF2N3O3. The first-order valence-electron chi connectivity index (χ1n) is 12.6. The Hall–Kier alpha value is -2.48. The Kier molecular flexibility index (Phi) is 7.74. The number of carbonyl (C=O) groups is 2. The molecule has 1 aromatic heterocycles. The first-order valence-corrected chi connectivity index (χ1v) is 13.0. The van der Waals surface area contributed by atoms with Gasteiger partial charge in [0.25, 0.3) is 5.91 Å². The molecule has 2 aromatic rings. The predicted molar refractivity (Wildman–Crippen MR) is 136 cm³/mol. The average Bonchev–Trinajstić information content (AvgIpc) is 2.80. The van der Waals surface area contributed by atoms with Crippen molar-refractivity contribution in [1.82, 2.24) is 15.2 Å². The Labute approximate surface area is 215 Å². The van der Waals surface area contributed by atoms with Crippen LogP contribution >= 0.6 is 11.6 Å². The van der Waals surface area contributed by atoms with E-state index in [1.54, 1.807) is 17.0 Å². The number of halogens is 3. The molecule has 2 amide bonds. The fraction of sp³-hybridized carbons (Fsp3) is 0.593. The first-order chi connectivity index (χ1) is 16.9. The number of hydrogen-bond acceptors (Lipinski definition) is 4. The van der Waals surface area contributed by atoms with E-state index >= 15 is 0 Å². The predicted octanol–water partition coefficient (Wildman–Crippen LogP) is 6.56. The molecule has 1 N–H and O–H groups in total. The normalized spacial score (nSPS) is 20.8. The summed E-state index contributed by atoms with van der Waals surface area (Å²) in [7, 11) is 0. The van der Waals surface area contributed by atoms with Crippen molar-refractivity contribution in [2.75, 3.05) is 19.6 Å². The molecule has 2 fully saturated rings. The summed E-state index contributed by atoms with van der Waals surface area (Å²) < 4.78 is 32.9. The van der Waals surface area contributed by atoms with Crippen molar-refractivity contribution in [3.63, 3.8) is 0 Å². The van der Waals surface area contributed by atoms with Gasteiger partial charge in [-0.2, -0.15) is 0 Å². The van der Waals surface area contributed by atoms with Crippen molar-refractivity contribution in [2.24, 2.45) is 5.92 Å². The van der Waals surface area contributed by atoms with Crippen molar-refractivity contribution >= 4 is 34.5 Å². The van der Waals surface area contributed by atoms with E-state index in [2.05, 4.69) is 5.32 Å². The summed E-state index contributed by atoms with van der Waals surface area (Å²) in [6.07, 6.45) is 2.10. The maximum absolute atomic E-state index is 13.7. The average molecular weight is 522 g/mol. The summed E-state index contributed by atoms with van der Waals surface area (Å²) in [4.78, 5) is 31.9. The van der Waals surface area contributed by atoms with Crippen LogP contribution in [0.1, 0.15) is 81.3 Å². The number of hydrogen-bond donors (Lipinski definition) is 1. The van der Waals surface area contributed by atoms with Crippen LogP contribution in [0.25, 0.3) is 10.9 Å². The van der Waals surface area contributed by atoms with Gasteiger partial charge in [0.05, 0.1) is 16.1 Å². The molecule has 1 aliphatic heterocycles. The summed E-state index contributed by atoms with van der Waals surface area (Å²) in [6.45, 7) is 6.94. The zero-order chi connectivity index (χ0) is 26.1. The van der Waals surface area contributed by atoms with Gasteiger partial charge in [-0.05, 0) is 70.6 Å². The summed E-state index contributed by atoms with van der Waals surface area (Å²) >= 11 is 6.39. The molecule has 1 aromatic carbocycles. The summed E-state index contributed by atoms with van der Waals surface area (Å²) in [5, 5.41) is 3.74. The number of ether oxygens (including phenoxy) is 1. The number of likely N-dealkylation sites (tertiary alicyclic amines) is 1. The molecule has 1 atom stereocenters. The van der Waals surface area contributed by atoms with E-state index in [1.165, 1.54) is 0 Å². The highest BCUT2D eigenvalue weighted by molar-refractivity contribution is 6.35. The third kappa shape index (κ3) is 6.44. The summed E-state index contributed by atoms with van der Waals surface area (Å²) in [6, 6.07) is 7.20. The molecule has 0 spiro atoms. The molecule has 9 heteroatoms. The molecule has 0 radical (unpaired) electrons. The lowest BCUT2D eigenvalue weighted by Gasteiger charge is -2.33. The van der Waals surface area contributed by atoms with E-state index < -0.39 is 11.5 Å². The van der Waals surface area contributed by atoms with Crippen LogP contribution in [0.4, 0.5) is 13.6 Å². The Bertz CT molecular complexity index is 1130. The zero-order valence-corrected chi connectivity index (χ0v) is 21.8. The third-order valence-corrected chi connectivity index (χ3v) is 7.24. The number of alkyl halides is 2. The Morgan fingerprint density at radius 1 is 1.17 bits per heavy atom. The Morgan fingerprint density at radius 3 is 2.56 bits per heavy atom. The first kappa shape index (κ1) is 26.6. The van der Waals surface area contributed by atoms with Crippen molar-refractivity contribution in [2.45, 2.75) is 76.7 Å². The molecule has 2 aliphatic rings. The number of piperidine rings is 1. The van der Waals surface area contributed by atoms with Gasteiger partial charge in [-0.15, -0.1) is 0 Å². The van der Waals surface area contributed by atoms with Crippen molar-refractivity contribution in [3.05, 3.63) is 40.5 Å². The van der Waals surface area contributed by atoms with Crippen LogP contribution in [0.5, 0.6) is 0 Å². The van der Waals surface area contributed by atoms with Crippen molar-refractivity contribution in [3.8, 4) is 0 Å². The van der Waals surface area contributed by atoms with E-state index in [9.17, 15) is 18.4 Å². The van der Waals surface area contributed by atoms with Gasteiger partial charge in [0.1, 0.15) is 5.60 Å². The van der Waals surface area contributed by atoms with Crippen LogP contribution in [0, 0.1) is 5.92 Å². The minimum absolute atomic E-state index is 0.0827. The standard InChI is InChI=1S/C27H34ClF2N3O3/c1-26(2,3)36-25(35)33-13-10-18(11-14-33)21-8-6-19-22(32-21)9-7-20(28)23(19)24(34)31-16-17-5-4-12-27(29,30)15-17/h6-9,17-18H,4-5,10-16H2,1-3H3,(H,31,34). The van der Waals surface area contributed by atoms with Gasteiger partial charge in [-0.25, -0.2) is 13.6 Å². The highest BCUT2D eigenvalue weighted by Gasteiger charge is 2.36. The molecule has 1 unspecified atom stereocenters. The van der Waals surface area contributed by atoms with Gasteiger partial charge in [-0.3, -0.25) is 9.78 Å². The third-order valence-electron chi connectivity index (χ3n) is 6.93. The van der Waals surface area contributed by atoms with E-state index in [-0.39, 0.29) is 43.2 Å². The number of aromatic nitrogens is 1. The van der Waals surface area contributed by atoms with E-state index in [4.69, 9.17) is 21.3 Å². The molecular weight excluding hydrogens is 488 g/mol.